The van der Waals surface area contributed by atoms with E-state index in [1.54, 1.807) is 12.1 Å². The summed E-state index contributed by atoms with van der Waals surface area (Å²) in [7, 11) is 0. The molecule has 0 spiro atoms. The van der Waals surface area contributed by atoms with E-state index in [1.807, 2.05) is 31.2 Å². The SMILES string of the molecule is Cc1sc2nc(Cc3ccc([N+](=O)[O-])cc3)[nH]c(=O)c2c1-c1ccc(Br)cc1. The zero-order valence-electron chi connectivity index (χ0n) is 14.7. The highest BCUT2D eigenvalue weighted by Crippen LogP contribution is 2.36. The lowest BCUT2D eigenvalue weighted by atomic mass is 10.0. The van der Waals surface area contributed by atoms with Gasteiger partial charge in [0.1, 0.15) is 10.7 Å². The quantitative estimate of drug-likeness (QED) is 0.337. The number of nitrogens with one attached hydrogen (secondary N) is 1. The molecule has 0 aliphatic rings. The number of thiophene rings is 1. The van der Waals surface area contributed by atoms with Crippen LogP contribution in [0.3, 0.4) is 0 Å². The van der Waals surface area contributed by atoms with E-state index >= 15 is 0 Å². The second kappa shape index (κ2) is 7.29. The Labute approximate surface area is 172 Å². The molecule has 0 bridgehead atoms. The Morgan fingerprint density at radius 2 is 1.82 bits per heavy atom. The molecule has 0 amide bonds. The Balaban J connectivity index is 1.74. The van der Waals surface area contributed by atoms with Crippen LogP contribution in [-0.2, 0) is 6.42 Å². The first-order chi connectivity index (χ1) is 13.4. The zero-order valence-corrected chi connectivity index (χ0v) is 17.1. The van der Waals surface area contributed by atoms with Crippen molar-refractivity contribution in [3.8, 4) is 11.1 Å². The van der Waals surface area contributed by atoms with Crippen LogP contribution in [0.5, 0.6) is 0 Å². The highest BCUT2D eigenvalue weighted by molar-refractivity contribution is 9.10. The van der Waals surface area contributed by atoms with Gasteiger partial charge in [-0.05, 0) is 30.2 Å². The smallest absolute Gasteiger partial charge is 0.269 e. The van der Waals surface area contributed by atoms with E-state index in [9.17, 15) is 14.9 Å². The number of nitro benzene ring substituents is 1. The first-order valence-corrected chi connectivity index (χ1v) is 10.0. The van der Waals surface area contributed by atoms with Gasteiger partial charge in [0.2, 0.25) is 0 Å². The Morgan fingerprint density at radius 3 is 2.46 bits per heavy atom. The molecule has 0 aliphatic heterocycles. The van der Waals surface area contributed by atoms with E-state index in [4.69, 9.17) is 0 Å². The third-order valence-corrected chi connectivity index (χ3v) is 5.97. The molecule has 0 fully saturated rings. The molecule has 6 nitrogen and oxygen atoms in total. The standard InChI is InChI=1S/C20H14BrN3O3S/c1-11-17(13-4-6-14(21)7-5-13)18-19(25)22-16(23-20(18)28-11)10-12-2-8-15(9-3-12)24(26)27/h2-9H,10H2,1H3,(H,22,23,25). The van der Waals surface area contributed by atoms with Crippen LogP contribution in [0.15, 0.2) is 57.8 Å². The number of benzene rings is 2. The van der Waals surface area contributed by atoms with Crippen LogP contribution in [0, 0.1) is 17.0 Å². The number of halogens is 1. The molecule has 140 valence electrons. The van der Waals surface area contributed by atoms with Gasteiger partial charge in [0, 0.05) is 33.5 Å². The van der Waals surface area contributed by atoms with Gasteiger partial charge in [0.15, 0.2) is 0 Å². The number of nitro groups is 1. The van der Waals surface area contributed by atoms with Crippen LogP contribution in [-0.4, -0.2) is 14.9 Å². The first-order valence-electron chi connectivity index (χ1n) is 8.44. The number of H-pyrrole nitrogens is 1. The minimum Gasteiger partial charge on any atom is -0.310 e. The van der Waals surface area contributed by atoms with E-state index in [0.717, 1.165) is 26.0 Å². The predicted octanol–water partition coefficient (Wildman–Crippen LogP) is 5.22. The highest BCUT2D eigenvalue weighted by atomic mass is 79.9. The van der Waals surface area contributed by atoms with Gasteiger partial charge in [0.05, 0.1) is 10.3 Å². The summed E-state index contributed by atoms with van der Waals surface area (Å²) in [6.45, 7) is 1.99. The van der Waals surface area contributed by atoms with Crippen molar-refractivity contribution in [2.24, 2.45) is 0 Å². The summed E-state index contributed by atoms with van der Waals surface area (Å²) in [5.74, 6) is 0.537. The molecule has 0 unspecified atom stereocenters. The average molecular weight is 456 g/mol. The fraction of sp³-hybridized carbons (Fsp3) is 0.100. The minimum atomic E-state index is -0.436. The Morgan fingerprint density at radius 1 is 1.14 bits per heavy atom. The van der Waals surface area contributed by atoms with Crippen LogP contribution in [0.2, 0.25) is 0 Å². The summed E-state index contributed by atoms with van der Waals surface area (Å²) in [4.78, 5) is 32.4. The molecule has 2 aromatic heterocycles. The number of nitrogens with zero attached hydrogens (tertiary/aromatic N) is 2. The summed E-state index contributed by atoms with van der Waals surface area (Å²) in [6.07, 6.45) is 0.397. The lowest BCUT2D eigenvalue weighted by molar-refractivity contribution is -0.384. The van der Waals surface area contributed by atoms with Gasteiger partial charge in [-0.15, -0.1) is 11.3 Å². The van der Waals surface area contributed by atoms with Crippen LogP contribution in [0.1, 0.15) is 16.3 Å². The van der Waals surface area contributed by atoms with Crippen LogP contribution < -0.4 is 5.56 Å². The first kappa shape index (κ1) is 18.5. The molecule has 0 atom stereocenters. The number of aryl methyl sites for hydroxylation is 1. The van der Waals surface area contributed by atoms with E-state index in [2.05, 4.69) is 25.9 Å². The zero-order chi connectivity index (χ0) is 19.8. The molecule has 8 heteroatoms. The molecule has 1 N–H and O–H groups in total. The maximum atomic E-state index is 12.8. The Bertz CT molecular complexity index is 1240. The average Bonchev–Trinajstić information content (AvgIpc) is 2.99. The maximum Gasteiger partial charge on any atom is 0.269 e. The number of rotatable bonds is 4. The van der Waals surface area contributed by atoms with Crippen molar-refractivity contribution in [3.05, 3.63) is 89.7 Å². The molecule has 4 rings (SSSR count). The maximum absolute atomic E-state index is 12.8. The fourth-order valence-electron chi connectivity index (χ4n) is 3.14. The van der Waals surface area contributed by atoms with Crippen LogP contribution in [0.25, 0.3) is 21.3 Å². The van der Waals surface area contributed by atoms with Gasteiger partial charge in [-0.2, -0.15) is 0 Å². The third-order valence-electron chi connectivity index (χ3n) is 4.44. The summed E-state index contributed by atoms with van der Waals surface area (Å²) in [6, 6.07) is 14.1. The Hall–Kier alpha value is -2.84. The van der Waals surface area contributed by atoms with Crippen molar-refractivity contribution >= 4 is 43.2 Å². The number of hydrogen-bond acceptors (Lipinski definition) is 5. The van der Waals surface area contributed by atoms with Gasteiger partial charge in [-0.3, -0.25) is 14.9 Å². The van der Waals surface area contributed by atoms with Crippen molar-refractivity contribution < 1.29 is 4.92 Å². The predicted molar refractivity (Wildman–Crippen MR) is 114 cm³/mol. The number of aromatic amines is 1. The molecular weight excluding hydrogens is 442 g/mol. The number of non-ortho nitro benzene ring substituents is 1. The summed E-state index contributed by atoms with van der Waals surface area (Å²) >= 11 is 4.92. The number of aromatic nitrogens is 2. The van der Waals surface area contributed by atoms with Gasteiger partial charge >= 0.3 is 0 Å². The van der Waals surface area contributed by atoms with Crippen molar-refractivity contribution in [1.82, 2.24) is 9.97 Å². The second-order valence-electron chi connectivity index (χ2n) is 6.33. The minimum absolute atomic E-state index is 0.0358. The third kappa shape index (κ3) is 3.48. The molecule has 0 aliphatic carbocycles. The van der Waals surface area contributed by atoms with Gasteiger partial charge in [-0.1, -0.05) is 40.2 Å². The van der Waals surface area contributed by atoms with Gasteiger partial charge < -0.3 is 4.98 Å². The van der Waals surface area contributed by atoms with Gasteiger partial charge in [-0.25, -0.2) is 4.98 Å². The monoisotopic (exact) mass is 455 g/mol. The summed E-state index contributed by atoms with van der Waals surface area (Å²) < 4.78 is 0.978. The highest BCUT2D eigenvalue weighted by Gasteiger charge is 2.17. The second-order valence-corrected chi connectivity index (χ2v) is 8.45. The molecular formula is C20H14BrN3O3S. The summed E-state index contributed by atoms with van der Waals surface area (Å²) in [5.41, 5.74) is 2.58. The largest absolute Gasteiger partial charge is 0.310 e. The van der Waals surface area contributed by atoms with E-state index in [1.165, 1.54) is 23.5 Å². The number of fused-ring (bicyclic) bond motifs is 1. The topological polar surface area (TPSA) is 88.9 Å². The molecule has 2 heterocycles. The molecule has 0 radical (unpaired) electrons. The lowest BCUT2D eigenvalue weighted by Gasteiger charge is -2.04. The van der Waals surface area contributed by atoms with E-state index < -0.39 is 4.92 Å². The molecule has 0 saturated heterocycles. The van der Waals surface area contributed by atoms with Gasteiger partial charge in [0.25, 0.3) is 11.2 Å². The fourth-order valence-corrected chi connectivity index (χ4v) is 4.47. The van der Waals surface area contributed by atoms with Crippen molar-refractivity contribution in [2.45, 2.75) is 13.3 Å². The molecule has 4 aromatic rings. The summed E-state index contributed by atoms with van der Waals surface area (Å²) in [5, 5.41) is 11.4. The Kier molecular flexibility index (Phi) is 4.82. The number of hydrogen-bond donors (Lipinski definition) is 1. The van der Waals surface area contributed by atoms with E-state index in [0.29, 0.717) is 22.5 Å². The van der Waals surface area contributed by atoms with Crippen molar-refractivity contribution in [1.29, 1.82) is 0 Å². The molecule has 0 saturated carbocycles. The molecule has 2 aromatic carbocycles. The normalized spacial score (nSPS) is 11.1. The lowest BCUT2D eigenvalue weighted by Crippen LogP contribution is -2.11. The molecule has 28 heavy (non-hydrogen) atoms. The van der Waals surface area contributed by atoms with E-state index in [-0.39, 0.29) is 11.2 Å². The van der Waals surface area contributed by atoms with Crippen LogP contribution >= 0.6 is 27.3 Å². The van der Waals surface area contributed by atoms with Crippen molar-refractivity contribution in [3.63, 3.8) is 0 Å². The van der Waals surface area contributed by atoms with Crippen LogP contribution in [0.4, 0.5) is 5.69 Å². The van der Waals surface area contributed by atoms with Crippen molar-refractivity contribution in [2.75, 3.05) is 0 Å².